The van der Waals surface area contributed by atoms with Crippen molar-refractivity contribution in [3.8, 4) is 11.8 Å². The molecule has 1 aliphatic carbocycles. The number of halogens is 2. The van der Waals surface area contributed by atoms with E-state index in [0.29, 0.717) is 26.4 Å². The number of rotatable bonds is 3. The standard InChI is InChI=1S/C17H13Br2N3O2S2/c1-24-14-10(5-8(18)6-12(14)19)15(23)21-17(25)22-16-11(7-20)9-3-2-4-13(9)26-16/h5-6H,2-4H2,1H3,(H2,21,22,23,25). The fraction of sp³-hybridized carbons (Fsp3) is 0.235. The Balaban J connectivity index is 1.78. The van der Waals surface area contributed by atoms with Crippen molar-refractivity contribution < 1.29 is 9.53 Å². The summed E-state index contributed by atoms with van der Waals surface area (Å²) in [6.45, 7) is 0. The Hall–Kier alpha value is -1.47. The Morgan fingerprint density at radius 2 is 2.15 bits per heavy atom. The van der Waals surface area contributed by atoms with Crippen molar-refractivity contribution in [2.75, 3.05) is 12.4 Å². The molecule has 0 radical (unpaired) electrons. The number of nitrogens with zero attached hydrogens (tertiary/aromatic N) is 1. The van der Waals surface area contributed by atoms with Crippen LogP contribution in [0.3, 0.4) is 0 Å². The van der Waals surface area contributed by atoms with Crippen LogP contribution in [0.15, 0.2) is 21.1 Å². The second-order valence-corrected chi connectivity index (χ2v) is 8.83. The first-order valence-electron chi connectivity index (χ1n) is 7.64. The number of hydrogen-bond acceptors (Lipinski definition) is 5. The lowest BCUT2D eigenvalue weighted by atomic mass is 10.1. The second-order valence-electron chi connectivity index (χ2n) is 5.55. The molecule has 1 amide bonds. The molecular weight excluding hydrogens is 502 g/mol. The lowest BCUT2D eigenvalue weighted by molar-refractivity contribution is 0.0974. The highest BCUT2D eigenvalue weighted by molar-refractivity contribution is 9.11. The predicted molar refractivity (Wildman–Crippen MR) is 113 cm³/mol. The summed E-state index contributed by atoms with van der Waals surface area (Å²) in [4.78, 5) is 13.8. The van der Waals surface area contributed by atoms with Gasteiger partial charge < -0.3 is 10.1 Å². The van der Waals surface area contributed by atoms with Crippen molar-refractivity contribution in [3.63, 3.8) is 0 Å². The molecule has 0 bridgehead atoms. The van der Waals surface area contributed by atoms with Crippen LogP contribution in [0.4, 0.5) is 5.00 Å². The third-order valence-electron chi connectivity index (χ3n) is 3.94. The van der Waals surface area contributed by atoms with Crippen LogP contribution in [0.25, 0.3) is 0 Å². The predicted octanol–water partition coefficient (Wildman–Crippen LogP) is 4.77. The number of aryl methyl sites for hydroxylation is 1. The highest BCUT2D eigenvalue weighted by Crippen LogP contribution is 2.38. The number of hydrogen-bond donors (Lipinski definition) is 2. The van der Waals surface area contributed by atoms with Gasteiger partial charge in [-0.2, -0.15) is 5.26 Å². The van der Waals surface area contributed by atoms with Crippen molar-refractivity contribution in [1.82, 2.24) is 5.32 Å². The molecule has 9 heteroatoms. The minimum absolute atomic E-state index is 0.143. The summed E-state index contributed by atoms with van der Waals surface area (Å²) in [6.07, 6.45) is 2.98. The molecule has 0 spiro atoms. The zero-order chi connectivity index (χ0) is 18.8. The van der Waals surface area contributed by atoms with Crippen LogP contribution in [-0.4, -0.2) is 18.1 Å². The molecule has 0 unspecified atom stereocenters. The molecule has 0 saturated carbocycles. The summed E-state index contributed by atoms with van der Waals surface area (Å²) < 4.78 is 6.68. The van der Waals surface area contributed by atoms with Crippen molar-refractivity contribution in [1.29, 1.82) is 5.26 Å². The minimum atomic E-state index is -0.399. The van der Waals surface area contributed by atoms with Crippen LogP contribution < -0.4 is 15.4 Å². The molecule has 1 aliphatic rings. The molecule has 2 aromatic rings. The van der Waals surface area contributed by atoms with E-state index in [4.69, 9.17) is 17.0 Å². The van der Waals surface area contributed by atoms with Crippen molar-refractivity contribution in [3.05, 3.63) is 42.6 Å². The maximum absolute atomic E-state index is 12.6. The van der Waals surface area contributed by atoms with E-state index in [1.54, 1.807) is 12.1 Å². The van der Waals surface area contributed by atoms with Gasteiger partial charge in [-0.1, -0.05) is 15.9 Å². The number of thiophene rings is 1. The van der Waals surface area contributed by atoms with Gasteiger partial charge in [0.1, 0.15) is 16.8 Å². The van der Waals surface area contributed by atoms with Crippen LogP contribution in [0, 0.1) is 11.3 Å². The summed E-state index contributed by atoms with van der Waals surface area (Å²) in [6, 6.07) is 5.69. The molecule has 3 rings (SSSR count). The summed E-state index contributed by atoms with van der Waals surface area (Å²) in [5.74, 6) is 0.0188. The Morgan fingerprint density at radius 1 is 1.38 bits per heavy atom. The van der Waals surface area contributed by atoms with Crippen LogP contribution in [0.2, 0.25) is 0 Å². The Bertz CT molecular complexity index is 950. The number of carbonyl (C=O) groups excluding carboxylic acids is 1. The number of thiocarbonyl (C=S) groups is 1. The Labute approximate surface area is 177 Å². The van der Waals surface area contributed by atoms with Crippen molar-refractivity contribution in [2.24, 2.45) is 0 Å². The van der Waals surface area contributed by atoms with E-state index in [0.717, 1.165) is 29.3 Å². The fourth-order valence-electron chi connectivity index (χ4n) is 2.85. The van der Waals surface area contributed by atoms with E-state index in [-0.39, 0.29) is 5.11 Å². The van der Waals surface area contributed by atoms with Gasteiger partial charge in [-0.15, -0.1) is 11.3 Å². The van der Waals surface area contributed by atoms with Gasteiger partial charge >= 0.3 is 0 Å². The zero-order valence-electron chi connectivity index (χ0n) is 13.6. The second kappa shape index (κ2) is 8.05. The normalized spacial score (nSPS) is 12.2. The Kier molecular flexibility index (Phi) is 5.97. The van der Waals surface area contributed by atoms with Crippen molar-refractivity contribution in [2.45, 2.75) is 19.3 Å². The van der Waals surface area contributed by atoms with Gasteiger partial charge in [0.15, 0.2) is 5.11 Å². The van der Waals surface area contributed by atoms with E-state index in [1.165, 1.54) is 23.3 Å². The van der Waals surface area contributed by atoms with Crippen LogP contribution in [0.5, 0.6) is 5.75 Å². The first kappa shape index (κ1) is 19.3. The van der Waals surface area contributed by atoms with Gasteiger partial charge in [-0.25, -0.2) is 0 Å². The number of nitriles is 1. The Morgan fingerprint density at radius 3 is 2.85 bits per heavy atom. The molecule has 5 nitrogen and oxygen atoms in total. The summed E-state index contributed by atoms with van der Waals surface area (Å²) in [5, 5.41) is 15.9. The number of ether oxygens (including phenoxy) is 1. The lowest BCUT2D eigenvalue weighted by Crippen LogP contribution is -2.34. The maximum Gasteiger partial charge on any atom is 0.261 e. The van der Waals surface area contributed by atoms with Crippen LogP contribution >= 0.6 is 55.4 Å². The molecule has 1 heterocycles. The third-order valence-corrected chi connectivity index (χ3v) is 6.40. The molecule has 0 saturated heterocycles. The van der Waals surface area contributed by atoms with Gasteiger partial charge in [0.05, 0.1) is 22.7 Å². The first-order chi connectivity index (χ1) is 12.4. The number of nitrogens with one attached hydrogen (secondary N) is 2. The average Bonchev–Trinajstić information content (AvgIpc) is 3.14. The van der Waals surface area contributed by atoms with E-state index in [1.807, 2.05) is 0 Å². The molecule has 1 aromatic heterocycles. The number of amides is 1. The van der Waals surface area contributed by atoms with Gasteiger partial charge in [0.25, 0.3) is 5.91 Å². The van der Waals surface area contributed by atoms with E-state index >= 15 is 0 Å². The van der Waals surface area contributed by atoms with E-state index in [2.05, 4.69) is 48.6 Å². The molecule has 0 aliphatic heterocycles. The molecular formula is C17H13Br2N3O2S2. The van der Waals surface area contributed by atoms with Crippen molar-refractivity contribution >= 4 is 71.4 Å². The number of methoxy groups -OCH3 is 1. The summed E-state index contributed by atoms with van der Waals surface area (Å²) in [5.41, 5.74) is 2.07. The monoisotopic (exact) mass is 513 g/mol. The molecule has 2 N–H and O–H groups in total. The highest BCUT2D eigenvalue weighted by Gasteiger charge is 2.23. The smallest absolute Gasteiger partial charge is 0.261 e. The lowest BCUT2D eigenvalue weighted by Gasteiger charge is -2.13. The van der Waals surface area contributed by atoms with Crippen LogP contribution in [0.1, 0.15) is 32.8 Å². The maximum atomic E-state index is 12.6. The van der Waals surface area contributed by atoms with Gasteiger partial charge in [0.2, 0.25) is 0 Å². The largest absolute Gasteiger partial charge is 0.495 e. The quantitative estimate of drug-likeness (QED) is 0.577. The van der Waals surface area contributed by atoms with E-state index in [9.17, 15) is 10.1 Å². The first-order valence-corrected chi connectivity index (χ1v) is 10.5. The number of anilines is 1. The third kappa shape index (κ3) is 3.78. The molecule has 1 aromatic carbocycles. The number of carbonyl (C=O) groups is 1. The topological polar surface area (TPSA) is 74.2 Å². The molecule has 0 atom stereocenters. The van der Waals surface area contributed by atoms with Gasteiger partial charge in [-0.3, -0.25) is 10.1 Å². The number of benzene rings is 1. The van der Waals surface area contributed by atoms with Gasteiger partial charge in [0, 0.05) is 9.35 Å². The summed E-state index contributed by atoms with van der Waals surface area (Å²) in [7, 11) is 1.49. The van der Waals surface area contributed by atoms with Crippen LogP contribution in [-0.2, 0) is 12.8 Å². The SMILES string of the molecule is COc1c(Br)cc(Br)cc1C(=O)NC(=S)Nc1sc2c(c1C#N)CCC2. The molecule has 134 valence electrons. The average molecular weight is 515 g/mol. The van der Waals surface area contributed by atoms with Gasteiger partial charge in [-0.05, 0) is 65.1 Å². The molecule has 26 heavy (non-hydrogen) atoms. The zero-order valence-corrected chi connectivity index (χ0v) is 18.4. The molecule has 0 fully saturated rings. The fourth-order valence-corrected chi connectivity index (χ4v) is 5.74. The number of fused-ring (bicyclic) bond motifs is 1. The van der Waals surface area contributed by atoms with E-state index < -0.39 is 5.91 Å². The highest BCUT2D eigenvalue weighted by atomic mass is 79.9. The summed E-state index contributed by atoms with van der Waals surface area (Å²) >= 11 is 13.5. The minimum Gasteiger partial charge on any atom is -0.495 e.